The minimum absolute atomic E-state index is 0.183. The van der Waals surface area contributed by atoms with Crippen molar-refractivity contribution in [2.45, 2.75) is 13.1 Å². The third-order valence-electron chi connectivity index (χ3n) is 3.32. The third-order valence-corrected chi connectivity index (χ3v) is 3.32. The number of carbonyl (C=O) groups excluding carboxylic acids is 1. The van der Waals surface area contributed by atoms with Gasteiger partial charge in [0.05, 0.1) is 0 Å². The summed E-state index contributed by atoms with van der Waals surface area (Å²) in [5.74, 6) is -0.183. The summed E-state index contributed by atoms with van der Waals surface area (Å²) in [4.78, 5) is 17.8. The largest absolute Gasteiger partial charge is 0.370 e. The molecule has 0 saturated carbocycles. The number of pyridine rings is 1. The molecule has 5 heteroatoms. The van der Waals surface area contributed by atoms with E-state index >= 15 is 0 Å². The van der Waals surface area contributed by atoms with Crippen molar-refractivity contribution in [2.24, 2.45) is 5.73 Å². The second-order valence-electron chi connectivity index (χ2n) is 4.86. The van der Waals surface area contributed by atoms with Crippen LogP contribution in [0.4, 0.5) is 5.69 Å². The van der Waals surface area contributed by atoms with E-state index in [-0.39, 0.29) is 5.91 Å². The second-order valence-corrected chi connectivity index (χ2v) is 4.86. The lowest BCUT2D eigenvalue weighted by atomic mass is 10.1. The highest BCUT2D eigenvalue weighted by Gasteiger charge is 2.08. The number of nitrogens with zero attached hydrogens (tertiary/aromatic N) is 2. The van der Waals surface area contributed by atoms with E-state index in [2.05, 4.69) is 27.3 Å². The van der Waals surface area contributed by atoms with E-state index in [4.69, 9.17) is 5.73 Å². The maximum absolute atomic E-state index is 11.6. The van der Waals surface area contributed by atoms with Crippen molar-refractivity contribution < 1.29 is 4.79 Å². The standard InChI is InChI=1S/C16H20N4O/c1-18-16(21)15-9-14(7-8-19-15)20(2)11-13-5-3-12(10-17)4-6-13/h3-9H,10-11,17H2,1-2H3,(H,18,21). The van der Waals surface area contributed by atoms with Crippen LogP contribution in [-0.4, -0.2) is 25.0 Å². The molecule has 2 rings (SSSR count). The SMILES string of the molecule is CNC(=O)c1cc(N(C)Cc2ccc(CN)cc2)ccn1. The number of nitrogens with one attached hydrogen (secondary N) is 1. The Hall–Kier alpha value is -2.40. The van der Waals surface area contributed by atoms with Crippen LogP contribution in [0.15, 0.2) is 42.6 Å². The Kier molecular flexibility index (Phi) is 4.90. The summed E-state index contributed by atoms with van der Waals surface area (Å²) in [6, 6.07) is 11.9. The zero-order valence-electron chi connectivity index (χ0n) is 12.3. The molecule has 3 N–H and O–H groups in total. The molecule has 0 bridgehead atoms. The van der Waals surface area contributed by atoms with Gasteiger partial charge in [-0.25, -0.2) is 0 Å². The number of carbonyl (C=O) groups is 1. The lowest BCUT2D eigenvalue weighted by molar-refractivity contribution is 0.0958. The highest BCUT2D eigenvalue weighted by atomic mass is 16.1. The number of anilines is 1. The van der Waals surface area contributed by atoms with Gasteiger partial charge in [-0.05, 0) is 23.3 Å². The van der Waals surface area contributed by atoms with Crippen LogP contribution in [-0.2, 0) is 13.1 Å². The number of hydrogen-bond acceptors (Lipinski definition) is 4. The molecule has 21 heavy (non-hydrogen) atoms. The summed E-state index contributed by atoms with van der Waals surface area (Å²) in [5, 5.41) is 2.58. The van der Waals surface area contributed by atoms with Crippen molar-refractivity contribution in [1.82, 2.24) is 10.3 Å². The quantitative estimate of drug-likeness (QED) is 0.873. The molecule has 0 aliphatic rings. The van der Waals surface area contributed by atoms with Crippen LogP contribution in [0.1, 0.15) is 21.6 Å². The van der Waals surface area contributed by atoms with E-state index in [0.29, 0.717) is 12.2 Å². The predicted molar refractivity (Wildman–Crippen MR) is 84.1 cm³/mol. The smallest absolute Gasteiger partial charge is 0.269 e. The Labute approximate surface area is 124 Å². The van der Waals surface area contributed by atoms with Gasteiger partial charge in [0, 0.05) is 39.1 Å². The molecule has 110 valence electrons. The number of amides is 1. The Morgan fingerprint density at radius 2 is 1.90 bits per heavy atom. The van der Waals surface area contributed by atoms with Crippen molar-refractivity contribution in [3.8, 4) is 0 Å². The molecule has 0 unspecified atom stereocenters. The van der Waals surface area contributed by atoms with Gasteiger partial charge in [0.1, 0.15) is 5.69 Å². The minimum Gasteiger partial charge on any atom is -0.370 e. The number of benzene rings is 1. The van der Waals surface area contributed by atoms with Crippen LogP contribution in [0.5, 0.6) is 0 Å². The van der Waals surface area contributed by atoms with E-state index in [1.165, 1.54) is 5.56 Å². The number of aromatic nitrogens is 1. The first-order valence-corrected chi connectivity index (χ1v) is 6.81. The monoisotopic (exact) mass is 284 g/mol. The van der Waals surface area contributed by atoms with Gasteiger partial charge in [-0.2, -0.15) is 0 Å². The van der Waals surface area contributed by atoms with Gasteiger partial charge in [-0.3, -0.25) is 9.78 Å². The molecule has 0 aliphatic heterocycles. The molecule has 0 saturated heterocycles. The van der Waals surface area contributed by atoms with Gasteiger partial charge in [0.25, 0.3) is 5.91 Å². The fourth-order valence-corrected chi connectivity index (χ4v) is 2.05. The summed E-state index contributed by atoms with van der Waals surface area (Å²) in [6.45, 7) is 1.30. The van der Waals surface area contributed by atoms with Crippen LogP contribution in [0, 0.1) is 0 Å². The van der Waals surface area contributed by atoms with E-state index in [9.17, 15) is 4.79 Å². The molecule has 1 aromatic heterocycles. The van der Waals surface area contributed by atoms with Crippen molar-refractivity contribution in [1.29, 1.82) is 0 Å². The van der Waals surface area contributed by atoms with Gasteiger partial charge in [-0.15, -0.1) is 0 Å². The van der Waals surface area contributed by atoms with Crippen molar-refractivity contribution in [2.75, 3.05) is 19.0 Å². The normalized spacial score (nSPS) is 10.2. The number of rotatable bonds is 5. The minimum atomic E-state index is -0.183. The molecule has 0 atom stereocenters. The number of nitrogens with two attached hydrogens (primary N) is 1. The van der Waals surface area contributed by atoms with Crippen LogP contribution >= 0.6 is 0 Å². The Bertz CT molecular complexity index is 610. The Morgan fingerprint density at radius 3 is 2.52 bits per heavy atom. The van der Waals surface area contributed by atoms with Gasteiger partial charge < -0.3 is 16.0 Å². The van der Waals surface area contributed by atoms with Crippen molar-refractivity contribution >= 4 is 11.6 Å². The number of hydrogen-bond donors (Lipinski definition) is 2. The van der Waals surface area contributed by atoms with Crippen LogP contribution in [0.2, 0.25) is 0 Å². The predicted octanol–water partition coefficient (Wildman–Crippen LogP) is 1.54. The van der Waals surface area contributed by atoms with Gasteiger partial charge >= 0.3 is 0 Å². The topological polar surface area (TPSA) is 71.2 Å². The van der Waals surface area contributed by atoms with Crippen molar-refractivity contribution in [3.05, 3.63) is 59.4 Å². The molecule has 5 nitrogen and oxygen atoms in total. The first kappa shape index (κ1) is 15.0. The highest BCUT2D eigenvalue weighted by Crippen LogP contribution is 2.16. The Balaban J connectivity index is 2.12. The van der Waals surface area contributed by atoms with E-state index in [1.54, 1.807) is 19.3 Å². The van der Waals surface area contributed by atoms with E-state index < -0.39 is 0 Å². The van der Waals surface area contributed by atoms with Crippen LogP contribution < -0.4 is 16.0 Å². The summed E-state index contributed by atoms with van der Waals surface area (Å²) >= 11 is 0. The Morgan fingerprint density at radius 1 is 1.24 bits per heavy atom. The lowest BCUT2D eigenvalue weighted by Gasteiger charge is -2.20. The summed E-state index contributed by atoms with van der Waals surface area (Å²) in [5.41, 5.74) is 9.27. The van der Waals surface area contributed by atoms with Crippen molar-refractivity contribution in [3.63, 3.8) is 0 Å². The average molecular weight is 284 g/mol. The van der Waals surface area contributed by atoms with E-state index in [1.807, 2.05) is 25.2 Å². The highest BCUT2D eigenvalue weighted by molar-refractivity contribution is 5.92. The molecule has 1 aromatic carbocycles. The fourth-order valence-electron chi connectivity index (χ4n) is 2.05. The molecule has 1 amide bonds. The van der Waals surface area contributed by atoms with Gasteiger partial charge in [0.2, 0.25) is 0 Å². The zero-order valence-corrected chi connectivity index (χ0v) is 12.3. The third kappa shape index (κ3) is 3.79. The molecular weight excluding hydrogens is 264 g/mol. The zero-order chi connectivity index (χ0) is 15.2. The van der Waals surface area contributed by atoms with Crippen LogP contribution in [0.25, 0.3) is 0 Å². The van der Waals surface area contributed by atoms with Gasteiger partial charge in [-0.1, -0.05) is 24.3 Å². The molecule has 0 radical (unpaired) electrons. The molecular formula is C16H20N4O. The first-order valence-electron chi connectivity index (χ1n) is 6.81. The molecule has 0 aliphatic carbocycles. The molecule has 0 fully saturated rings. The van der Waals surface area contributed by atoms with E-state index in [0.717, 1.165) is 17.8 Å². The summed E-state index contributed by atoms with van der Waals surface area (Å²) < 4.78 is 0. The molecule has 1 heterocycles. The second kappa shape index (κ2) is 6.85. The fraction of sp³-hybridized carbons (Fsp3) is 0.250. The molecule has 2 aromatic rings. The first-order chi connectivity index (χ1) is 10.1. The maximum Gasteiger partial charge on any atom is 0.269 e. The van der Waals surface area contributed by atoms with Crippen LogP contribution in [0.3, 0.4) is 0 Å². The average Bonchev–Trinajstić information content (AvgIpc) is 2.55. The van der Waals surface area contributed by atoms with Gasteiger partial charge in [0.15, 0.2) is 0 Å². The maximum atomic E-state index is 11.6. The lowest BCUT2D eigenvalue weighted by Crippen LogP contribution is -2.21. The molecule has 0 spiro atoms. The summed E-state index contributed by atoms with van der Waals surface area (Å²) in [6.07, 6.45) is 1.65. The summed E-state index contributed by atoms with van der Waals surface area (Å²) in [7, 11) is 3.58.